The van der Waals surface area contributed by atoms with Gasteiger partial charge < -0.3 is 5.73 Å². The Morgan fingerprint density at radius 3 is 2.67 bits per heavy atom. The number of rotatable bonds is 3. The van der Waals surface area contributed by atoms with Crippen molar-refractivity contribution < 1.29 is 4.39 Å². The molecule has 0 amide bonds. The van der Waals surface area contributed by atoms with Crippen molar-refractivity contribution in [2.24, 2.45) is 5.73 Å². The molecule has 1 aromatic heterocycles. The van der Waals surface area contributed by atoms with Crippen molar-refractivity contribution in [3.63, 3.8) is 0 Å². The van der Waals surface area contributed by atoms with Gasteiger partial charge in [-0.15, -0.1) is 23.7 Å². The van der Waals surface area contributed by atoms with E-state index in [-0.39, 0.29) is 12.4 Å². The van der Waals surface area contributed by atoms with E-state index < -0.39 is 12.7 Å². The van der Waals surface area contributed by atoms with Gasteiger partial charge in [-0.25, -0.2) is 4.39 Å². The fourth-order valence-electron chi connectivity index (χ4n) is 0.860. The van der Waals surface area contributed by atoms with Crippen LogP contribution in [0.5, 0.6) is 0 Å². The summed E-state index contributed by atoms with van der Waals surface area (Å²) in [5, 5.41) is 0. The van der Waals surface area contributed by atoms with Gasteiger partial charge in [-0.2, -0.15) is 0 Å². The molecule has 0 aliphatic rings. The summed E-state index contributed by atoms with van der Waals surface area (Å²) in [6.45, 7) is 1.61. The van der Waals surface area contributed by atoms with E-state index in [0.717, 1.165) is 11.3 Å². The monoisotopic (exact) mass is 209 g/mol. The topological polar surface area (TPSA) is 26.0 Å². The van der Waals surface area contributed by atoms with E-state index in [9.17, 15) is 4.39 Å². The molecular formula is C8H13ClFNS. The first-order chi connectivity index (χ1) is 5.27. The van der Waals surface area contributed by atoms with Crippen molar-refractivity contribution in [2.75, 3.05) is 6.67 Å². The van der Waals surface area contributed by atoms with Crippen LogP contribution in [0.1, 0.15) is 22.7 Å². The lowest BCUT2D eigenvalue weighted by atomic mass is 10.3. The first-order valence-electron chi connectivity index (χ1n) is 3.68. The molecule has 0 aliphatic carbocycles. The van der Waals surface area contributed by atoms with Crippen molar-refractivity contribution in [3.8, 4) is 0 Å². The highest BCUT2D eigenvalue weighted by Crippen LogP contribution is 2.22. The second kappa shape index (κ2) is 5.51. The highest BCUT2D eigenvalue weighted by atomic mass is 35.5. The lowest BCUT2D eigenvalue weighted by Gasteiger charge is -2.01. The maximum absolute atomic E-state index is 12.1. The molecule has 4 heteroatoms. The zero-order valence-corrected chi connectivity index (χ0v) is 8.55. The Labute approximate surface area is 82.2 Å². The molecule has 2 N–H and O–H groups in total. The van der Waals surface area contributed by atoms with Crippen molar-refractivity contribution in [1.82, 2.24) is 0 Å². The zero-order valence-electron chi connectivity index (χ0n) is 6.92. The second-order valence-corrected chi connectivity index (χ2v) is 3.62. The van der Waals surface area contributed by atoms with E-state index in [4.69, 9.17) is 5.73 Å². The Morgan fingerprint density at radius 2 is 2.25 bits per heavy atom. The number of aryl methyl sites for hydroxylation is 1. The van der Waals surface area contributed by atoms with Crippen molar-refractivity contribution >= 4 is 23.7 Å². The van der Waals surface area contributed by atoms with Gasteiger partial charge >= 0.3 is 0 Å². The van der Waals surface area contributed by atoms with Crippen LogP contribution in [0.2, 0.25) is 0 Å². The molecular weight excluding hydrogens is 197 g/mol. The Bertz CT molecular complexity index is 227. The van der Waals surface area contributed by atoms with Crippen molar-refractivity contribution in [3.05, 3.63) is 21.9 Å². The molecule has 1 atom stereocenters. The molecule has 1 nitrogen and oxygen atoms in total. The normalized spacial score (nSPS) is 12.2. The molecule has 1 rings (SSSR count). The lowest BCUT2D eigenvalue weighted by molar-refractivity contribution is 0.440. The quantitative estimate of drug-likeness (QED) is 0.814. The summed E-state index contributed by atoms with van der Waals surface area (Å²) in [6.07, 6.45) is 1.00. The van der Waals surface area contributed by atoms with Gasteiger partial charge in [0.15, 0.2) is 0 Å². The number of halogens is 2. The van der Waals surface area contributed by atoms with E-state index in [1.165, 1.54) is 4.88 Å². The summed E-state index contributed by atoms with van der Waals surface area (Å²) in [6, 6.07) is 3.50. The zero-order chi connectivity index (χ0) is 8.27. The first-order valence-corrected chi connectivity index (χ1v) is 4.49. The average molecular weight is 210 g/mol. The summed E-state index contributed by atoms with van der Waals surface area (Å²) in [7, 11) is 0. The third kappa shape index (κ3) is 2.73. The van der Waals surface area contributed by atoms with E-state index in [0.29, 0.717) is 0 Å². The van der Waals surface area contributed by atoms with Crippen LogP contribution >= 0.6 is 23.7 Å². The molecule has 0 radical (unpaired) electrons. The third-order valence-corrected chi connectivity index (χ3v) is 2.92. The summed E-state index contributed by atoms with van der Waals surface area (Å²) in [4.78, 5) is 2.22. The van der Waals surface area contributed by atoms with Gasteiger partial charge in [0.05, 0.1) is 6.04 Å². The summed E-state index contributed by atoms with van der Waals surface area (Å²) in [5.41, 5.74) is 5.50. The smallest absolute Gasteiger partial charge is 0.109 e. The lowest BCUT2D eigenvalue weighted by Crippen LogP contribution is -2.09. The average Bonchev–Trinajstić information content (AvgIpc) is 2.50. The predicted octanol–water partition coefficient (Wildman–Crippen LogP) is 2.70. The molecule has 0 saturated carbocycles. The number of thiophene rings is 1. The third-order valence-electron chi connectivity index (χ3n) is 1.56. The fraction of sp³-hybridized carbons (Fsp3) is 0.500. The van der Waals surface area contributed by atoms with E-state index in [1.54, 1.807) is 11.3 Å². The highest BCUT2D eigenvalue weighted by molar-refractivity contribution is 7.12. The number of nitrogens with two attached hydrogens (primary N) is 1. The number of hydrogen-bond acceptors (Lipinski definition) is 2. The van der Waals surface area contributed by atoms with Crippen LogP contribution in [-0.4, -0.2) is 6.67 Å². The summed E-state index contributed by atoms with van der Waals surface area (Å²) in [5.74, 6) is 0. The Hall–Kier alpha value is -0.120. The molecule has 70 valence electrons. The van der Waals surface area contributed by atoms with Gasteiger partial charge in [-0.1, -0.05) is 6.92 Å². The van der Waals surface area contributed by atoms with Crippen LogP contribution in [0.4, 0.5) is 4.39 Å². The SMILES string of the molecule is CCc1ccc([C@H](N)CF)s1.Cl. The molecule has 0 fully saturated rings. The molecule has 0 aromatic carbocycles. The van der Waals surface area contributed by atoms with Crippen LogP contribution in [0.15, 0.2) is 12.1 Å². The van der Waals surface area contributed by atoms with Crippen molar-refractivity contribution in [2.45, 2.75) is 19.4 Å². The number of alkyl halides is 1. The van der Waals surface area contributed by atoms with E-state index in [1.807, 2.05) is 12.1 Å². The second-order valence-electron chi connectivity index (χ2n) is 2.42. The fourth-order valence-corrected chi connectivity index (χ4v) is 1.79. The van der Waals surface area contributed by atoms with Gasteiger partial charge in [0, 0.05) is 9.75 Å². The molecule has 1 aromatic rings. The van der Waals surface area contributed by atoms with Crippen LogP contribution < -0.4 is 5.73 Å². The summed E-state index contributed by atoms with van der Waals surface area (Å²) >= 11 is 1.60. The van der Waals surface area contributed by atoms with Gasteiger partial charge in [0.1, 0.15) is 6.67 Å². The minimum Gasteiger partial charge on any atom is -0.321 e. The first kappa shape index (κ1) is 11.9. The maximum Gasteiger partial charge on any atom is 0.109 e. The van der Waals surface area contributed by atoms with Crippen LogP contribution in [0, 0.1) is 0 Å². The van der Waals surface area contributed by atoms with E-state index in [2.05, 4.69) is 6.92 Å². The predicted molar refractivity (Wildman–Crippen MR) is 53.8 cm³/mol. The molecule has 0 spiro atoms. The van der Waals surface area contributed by atoms with Gasteiger partial charge in [0.25, 0.3) is 0 Å². The van der Waals surface area contributed by atoms with Crippen LogP contribution in [-0.2, 0) is 6.42 Å². The van der Waals surface area contributed by atoms with Crippen molar-refractivity contribution in [1.29, 1.82) is 0 Å². The molecule has 0 bridgehead atoms. The molecule has 1 heterocycles. The Morgan fingerprint density at radius 1 is 1.58 bits per heavy atom. The summed E-state index contributed by atoms with van der Waals surface area (Å²) < 4.78 is 12.1. The Balaban J connectivity index is 0.00000121. The van der Waals surface area contributed by atoms with Gasteiger partial charge in [-0.05, 0) is 18.6 Å². The molecule has 12 heavy (non-hydrogen) atoms. The molecule has 0 unspecified atom stereocenters. The Kier molecular flexibility index (Phi) is 5.46. The standard InChI is InChI=1S/C8H12FNS.ClH/c1-2-6-3-4-8(11-6)7(10)5-9;/h3-4,7H,2,5,10H2,1H3;1H/t7-;/m1./s1. The highest BCUT2D eigenvalue weighted by Gasteiger charge is 2.07. The minimum atomic E-state index is -0.469. The van der Waals surface area contributed by atoms with Crippen LogP contribution in [0.3, 0.4) is 0 Å². The van der Waals surface area contributed by atoms with Crippen LogP contribution in [0.25, 0.3) is 0 Å². The minimum absolute atomic E-state index is 0. The molecule has 0 aliphatic heterocycles. The maximum atomic E-state index is 12.1. The van der Waals surface area contributed by atoms with Gasteiger partial charge in [-0.3, -0.25) is 0 Å². The number of hydrogen-bond donors (Lipinski definition) is 1. The molecule has 0 saturated heterocycles. The van der Waals surface area contributed by atoms with E-state index >= 15 is 0 Å². The van der Waals surface area contributed by atoms with Gasteiger partial charge in [0.2, 0.25) is 0 Å². The largest absolute Gasteiger partial charge is 0.321 e.